The SMILES string of the molecule is COC(=O)C1=C(C)NC(c2csc(C)n2)=NC1c1ccc(F)cc1Cl. The van der Waals surface area contributed by atoms with Gasteiger partial charge in [0.05, 0.1) is 17.7 Å². The highest BCUT2D eigenvalue weighted by atomic mass is 35.5. The van der Waals surface area contributed by atoms with E-state index in [4.69, 9.17) is 16.3 Å². The minimum atomic E-state index is -0.709. The molecule has 8 heteroatoms. The van der Waals surface area contributed by atoms with Crippen LogP contribution in [0.3, 0.4) is 0 Å². The quantitative estimate of drug-likeness (QED) is 0.824. The number of aliphatic imine (C=N–C) groups is 1. The van der Waals surface area contributed by atoms with Gasteiger partial charge in [-0.25, -0.2) is 14.2 Å². The van der Waals surface area contributed by atoms with Gasteiger partial charge in [-0.05, 0) is 26.0 Å². The lowest BCUT2D eigenvalue weighted by Crippen LogP contribution is -2.32. The average Bonchev–Trinajstić information content (AvgIpc) is 3.00. The predicted octanol–water partition coefficient (Wildman–Crippen LogP) is 3.78. The van der Waals surface area contributed by atoms with Gasteiger partial charge < -0.3 is 10.1 Å². The van der Waals surface area contributed by atoms with E-state index in [0.29, 0.717) is 28.4 Å². The second-order valence-corrected chi connectivity index (χ2v) is 6.92. The zero-order valence-corrected chi connectivity index (χ0v) is 15.3. The van der Waals surface area contributed by atoms with Crippen molar-refractivity contribution in [2.24, 2.45) is 4.99 Å². The second kappa shape index (κ2) is 6.93. The summed E-state index contributed by atoms with van der Waals surface area (Å²) in [7, 11) is 1.30. The zero-order valence-electron chi connectivity index (χ0n) is 13.8. The molecule has 130 valence electrons. The molecule has 0 fully saturated rings. The molecule has 0 amide bonds. The maximum Gasteiger partial charge on any atom is 0.338 e. The van der Waals surface area contributed by atoms with E-state index >= 15 is 0 Å². The van der Waals surface area contributed by atoms with E-state index in [1.165, 1.54) is 36.6 Å². The van der Waals surface area contributed by atoms with Crippen molar-refractivity contribution in [3.05, 3.63) is 62.0 Å². The van der Waals surface area contributed by atoms with Crippen molar-refractivity contribution in [2.45, 2.75) is 19.9 Å². The first-order valence-corrected chi connectivity index (χ1v) is 8.67. The van der Waals surface area contributed by atoms with Gasteiger partial charge in [0.1, 0.15) is 17.6 Å². The maximum absolute atomic E-state index is 13.4. The van der Waals surface area contributed by atoms with Crippen molar-refractivity contribution in [2.75, 3.05) is 7.11 Å². The summed E-state index contributed by atoms with van der Waals surface area (Å²) < 4.78 is 18.3. The Morgan fingerprint density at radius 2 is 2.16 bits per heavy atom. The lowest BCUT2D eigenvalue weighted by molar-refractivity contribution is -0.136. The number of esters is 1. The van der Waals surface area contributed by atoms with Gasteiger partial charge in [-0.1, -0.05) is 17.7 Å². The number of aryl methyl sites for hydroxylation is 1. The number of thiazole rings is 1. The Labute approximate surface area is 153 Å². The summed E-state index contributed by atoms with van der Waals surface area (Å²) in [6, 6.07) is 3.30. The highest BCUT2D eigenvalue weighted by Crippen LogP contribution is 2.36. The Kier molecular flexibility index (Phi) is 4.87. The van der Waals surface area contributed by atoms with Crippen LogP contribution in [0.2, 0.25) is 5.02 Å². The number of methoxy groups -OCH3 is 1. The average molecular weight is 380 g/mol. The Morgan fingerprint density at radius 3 is 2.76 bits per heavy atom. The fraction of sp³-hybridized carbons (Fsp3) is 0.235. The standard InChI is InChI=1S/C17H15ClFN3O2S/c1-8-14(17(23)24-3)15(11-5-4-10(19)6-12(11)18)22-16(20-8)13-7-25-9(2)21-13/h4-7,15H,1-3H3,(H,20,22). The molecule has 3 rings (SSSR count). The largest absolute Gasteiger partial charge is 0.466 e. The van der Waals surface area contributed by atoms with Gasteiger partial charge in [-0.2, -0.15) is 0 Å². The van der Waals surface area contributed by atoms with Crippen LogP contribution in [0.1, 0.15) is 29.2 Å². The number of rotatable bonds is 3. The highest BCUT2D eigenvalue weighted by molar-refractivity contribution is 7.09. The smallest absolute Gasteiger partial charge is 0.338 e. The molecule has 1 aromatic heterocycles. The van der Waals surface area contributed by atoms with Crippen LogP contribution in [-0.2, 0) is 9.53 Å². The number of allylic oxidation sites excluding steroid dienone is 1. The van der Waals surface area contributed by atoms with Gasteiger partial charge >= 0.3 is 5.97 Å². The lowest BCUT2D eigenvalue weighted by Gasteiger charge is -2.25. The fourth-order valence-electron chi connectivity index (χ4n) is 2.60. The zero-order chi connectivity index (χ0) is 18.1. The molecule has 5 nitrogen and oxygen atoms in total. The molecule has 2 heterocycles. The van der Waals surface area contributed by atoms with Gasteiger partial charge in [0.25, 0.3) is 0 Å². The topological polar surface area (TPSA) is 63.6 Å². The second-order valence-electron chi connectivity index (χ2n) is 5.45. The number of amidine groups is 1. The van der Waals surface area contributed by atoms with Crippen molar-refractivity contribution in [1.29, 1.82) is 0 Å². The van der Waals surface area contributed by atoms with E-state index in [0.717, 1.165) is 5.01 Å². The van der Waals surface area contributed by atoms with Gasteiger partial charge in [0.15, 0.2) is 5.84 Å². The predicted molar refractivity (Wildman–Crippen MR) is 95.4 cm³/mol. The molecular weight excluding hydrogens is 365 g/mol. The molecule has 1 atom stereocenters. The molecule has 0 spiro atoms. The molecule has 0 bridgehead atoms. The van der Waals surface area contributed by atoms with Crippen LogP contribution in [0.4, 0.5) is 4.39 Å². The van der Waals surface area contributed by atoms with Gasteiger partial charge in [0, 0.05) is 21.7 Å². The third-order valence-electron chi connectivity index (χ3n) is 3.77. The first kappa shape index (κ1) is 17.6. The number of hydrogen-bond donors (Lipinski definition) is 1. The van der Waals surface area contributed by atoms with Crippen LogP contribution in [-0.4, -0.2) is 23.9 Å². The Bertz CT molecular complexity index is 907. The van der Waals surface area contributed by atoms with Crippen molar-refractivity contribution in [3.63, 3.8) is 0 Å². The van der Waals surface area contributed by atoms with Gasteiger partial charge in [-0.3, -0.25) is 4.99 Å². The van der Waals surface area contributed by atoms with Crippen molar-refractivity contribution < 1.29 is 13.9 Å². The van der Waals surface area contributed by atoms with Crippen LogP contribution in [0.25, 0.3) is 0 Å². The molecule has 1 N–H and O–H groups in total. The number of nitrogens with zero attached hydrogens (tertiary/aromatic N) is 2. The first-order chi connectivity index (χ1) is 11.9. The van der Waals surface area contributed by atoms with E-state index in [9.17, 15) is 9.18 Å². The van der Waals surface area contributed by atoms with E-state index in [-0.39, 0.29) is 5.02 Å². The summed E-state index contributed by atoms with van der Waals surface area (Å²) in [5.74, 6) is -0.449. The van der Waals surface area contributed by atoms with Crippen LogP contribution in [0, 0.1) is 12.7 Å². The summed E-state index contributed by atoms with van der Waals surface area (Å²) in [5.41, 5.74) is 2.11. The van der Waals surface area contributed by atoms with E-state index in [1.54, 1.807) is 6.92 Å². The van der Waals surface area contributed by atoms with Gasteiger partial charge in [0.2, 0.25) is 0 Å². The number of hydrogen-bond acceptors (Lipinski definition) is 6. The third kappa shape index (κ3) is 3.43. The summed E-state index contributed by atoms with van der Waals surface area (Å²) >= 11 is 7.70. The molecule has 0 saturated carbocycles. The van der Waals surface area contributed by atoms with E-state index in [1.807, 2.05) is 12.3 Å². The van der Waals surface area contributed by atoms with Crippen LogP contribution in [0.5, 0.6) is 0 Å². The molecule has 0 aliphatic carbocycles. The maximum atomic E-state index is 13.4. The normalized spacial score (nSPS) is 17.2. The monoisotopic (exact) mass is 379 g/mol. The first-order valence-electron chi connectivity index (χ1n) is 7.42. The fourth-order valence-corrected chi connectivity index (χ4v) is 3.47. The molecule has 1 aliphatic heterocycles. The van der Waals surface area contributed by atoms with Gasteiger partial charge in [-0.15, -0.1) is 11.3 Å². The third-order valence-corrected chi connectivity index (χ3v) is 4.87. The Morgan fingerprint density at radius 1 is 1.40 bits per heavy atom. The summed E-state index contributed by atoms with van der Waals surface area (Å²) in [4.78, 5) is 21.3. The Balaban J connectivity index is 2.14. The van der Waals surface area contributed by atoms with Crippen molar-refractivity contribution >= 4 is 34.7 Å². The minimum absolute atomic E-state index is 0.193. The molecule has 1 aliphatic rings. The molecule has 0 radical (unpaired) electrons. The van der Waals surface area contributed by atoms with Crippen molar-refractivity contribution in [1.82, 2.24) is 10.3 Å². The number of aromatic nitrogens is 1. The number of nitrogens with one attached hydrogen (secondary N) is 1. The van der Waals surface area contributed by atoms with Crippen LogP contribution < -0.4 is 5.32 Å². The summed E-state index contributed by atoms with van der Waals surface area (Å²) in [6.45, 7) is 3.65. The summed E-state index contributed by atoms with van der Waals surface area (Å²) in [6.07, 6.45) is 0. The van der Waals surface area contributed by atoms with Crippen LogP contribution in [0.15, 0.2) is 39.8 Å². The minimum Gasteiger partial charge on any atom is -0.466 e. The lowest BCUT2D eigenvalue weighted by atomic mass is 9.95. The number of carbonyl (C=O) groups excluding carboxylic acids is 1. The molecule has 1 unspecified atom stereocenters. The number of carbonyl (C=O) groups is 1. The number of ether oxygens (including phenoxy) is 1. The molecular formula is C17H15ClFN3O2S. The highest BCUT2D eigenvalue weighted by Gasteiger charge is 2.32. The number of benzene rings is 1. The van der Waals surface area contributed by atoms with E-state index < -0.39 is 17.8 Å². The number of halogens is 2. The molecule has 25 heavy (non-hydrogen) atoms. The van der Waals surface area contributed by atoms with E-state index in [2.05, 4.69) is 15.3 Å². The molecule has 1 aromatic carbocycles. The van der Waals surface area contributed by atoms with Crippen LogP contribution >= 0.6 is 22.9 Å². The summed E-state index contributed by atoms with van der Waals surface area (Å²) in [5, 5.41) is 6.07. The molecule has 2 aromatic rings. The Hall–Kier alpha value is -2.25. The molecule has 0 saturated heterocycles. The van der Waals surface area contributed by atoms with Crippen molar-refractivity contribution in [3.8, 4) is 0 Å².